The van der Waals surface area contributed by atoms with Crippen molar-refractivity contribution in [2.75, 3.05) is 18.1 Å². The van der Waals surface area contributed by atoms with E-state index in [1.165, 1.54) is 4.90 Å². The summed E-state index contributed by atoms with van der Waals surface area (Å²) >= 11 is 6.12. The normalized spacial score (nSPS) is 16.5. The fraction of sp³-hybridized carbons (Fsp3) is 0.286. The van der Waals surface area contributed by atoms with E-state index in [1.807, 2.05) is 32.0 Å². The van der Waals surface area contributed by atoms with Crippen LogP contribution in [0.1, 0.15) is 27.9 Å². The van der Waals surface area contributed by atoms with Crippen LogP contribution in [0.3, 0.4) is 0 Å². The highest BCUT2D eigenvalue weighted by Crippen LogP contribution is 2.29. The summed E-state index contributed by atoms with van der Waals surface area (Å²) in [7, 11) is 0. The molecule has 1 aliphatic heterocycles. The number of aryl methyl sites for hydroxylation is 2. The molecule has 0 bridgehead atoms. The lowest BCUT2D eigenvalue weighted by Crippen LogP contribution is -2.27. The number of benzene rings is 2. The van der Waals surface area contributed by atoms with E-state index in [0.29, 0.717) is 16.3 Å². The molecule has 0 N–H and O–H groups in total. The van der Waals surface area contributed by atoms with Gasteiger partial charge in [0.05, 0.1) is 5.92 Å². The van der Waals surface area contributed by atoms with E-state index < -0.39 is 11.9 Å². The highest BCUT2D eigenvalue weighted by molar-refractivity contribution is 6.31. The number of anilines is 1. The number of halogens is 1. The second-order valence-electron chi connectivity index (χ2n) is 6.74. The highest BCUT2D eigenvalue weighted by Gasteiger charge is 2.36. The van der Waals surface area contributed by atoms with Crippen LogP contribution in [0.15, 0.2) is 42.5 Å². The molecule has 0 unspecified atom stereocenters. The summed E-state index contributed by atoms with van der Waals surface area (Å²) < 4.78 is 5.15. The second-order valence-corrected chi connectivity index (χ2v) is 7.14. The van der Waals surface area contributed by atoms with Crippen molar-refractivity contribution >= 4 is 34.9 Å². The van der Waals surface area contributed by atoms with Gasteiger partial charge in [-0.25, -0.2) is 0 Å². The van der Waals surface area contributed by atoms with E-state index in [4.69, 9.17) is 16.3 Å². The first-order valence-corrected chi connectivity index (χ1v) is 9.06. The molecule has 1 amide bonds. The van der Waals surface area contributed by atoms with Gasteiger partial charge in [0.2, 0.25) is 5.91 Å². The molecule has 0 saturated carbocycles. The molecule has 3 rings (SSSR count). The number of amides is 1. The van der Waals surface area contributed by atoms with Gasteiger partial charge >= 0.3 is 5.97 Å². The minimum atomic E-state index is -0.594. The SMILES string of the molecule is Cc1ccc(C(=O)COC(=O)[C@@H]2CC(=O)N(c3ccc(C)c(Cl)c3)C2)cc1. The molecule has 1 aliphatic rings. The summed E-state index contributed by atoms with van der Waals surface area (Å²) in [4.78, 5) is 38.2. The maximum Gasteiger partial charge on any atom is 0.311 e. The van der Waals surface area contributed by atoms with Crippen molar-refractivity contribution in [1.29, 1.82) is 0 Å². The first kappa shape index (κ1) is 19.1. The fourth-order valence-electron chi connectivity index (χ4n) is 2.94. The van der Waals surface area contributed by atoms with Crippen LogP contribution >= 0.6 is 11.6 Å². The summed E-state index contributed by atoms with van der Waals surface area (Å²) in [6, 6.07) is 12.4. The molecule has 1 atom stereocenters. The van der Waals surface area contributed by atoms with Gasteiger partial charge in [0, 0.05) is 29.2 Å². The Balaban J connectivity index is 1.59. The van der Waals surface area contributed by atoms with Gasteiger partial charge in [-0.3, -0.25) is 14.4 Å². The van der Waals surface area contributed by atoms with E-state index in [2.05, 4.69) is 0 Å². The van der Waals surface area contributed by atoms with Gasteiger partial charge in [-0.15, -0.1) is 0 Å². The topological polar surface area (TPSA) is 63.7 Å². The van der Waals surface area contributed by atoms with Gasteiger partial charge in [0.1, 0.15) is 0 Å². The standard InChI is InChI=1S/C21H20ClNO4/c1-13-3-6-15(7-4-13)19(24)12-27-21(26)16-9-20(25)23(11-16)17-8-5-14(2)18(22)10-17/h3-8,10,16H,9,11-12H2,1-2H3/t16-/m1/s1. The lowest BCUT2D eigenvalue weighted by molar-refractivity contribution is -0.147. The second kappa shape index (κ2) is 7.92. The number of Topliss-reactive ketones (excluding diaryl/α,β-unsaturated/α-hetero) is 1. The Hall–Kier alpha value is -2.66. The summed E-state index contributed by atoms with van der Waals surface area (Å²) in [6.45, 7) is 3.69. The molecule has 1 heterocycles. The van der Waals surface area contributed by atoms with Gasteiger partial charge in [-0.2, -0.15) is 0 Å². The van der Waals surface area contributed by atoms with Crippen LogP contribution in [0.25, 0.3) is 0 Å². The molecular formula is C21H20ClNO4. The Kier molecular flexibility index (Phi) is 5.61. The number of rotatable bonds is 5. The number of esters is 1. The van der Waals surface area contributed by atoms with E-state index in [9.17, 15) is 14.4 Å². The number of carbonyl (C=O) groups is 3. The zero-order valence-electron chi connectivity index (χ0n) is 15.2. The van der Waals surface area contributed by atoms with Crippen molar-refractivity contribution in [2.45, 2.75) is 20.3 Å². The zero-order valence-corrected chi connectivity index (χ0v) is 16.0. The lowest BCUT2D eigenvalue weighted by Gasteiger charge is -2.17. The molecule has 1 saturated heterocycles. The van der Waals surface area contributed by atoms with E-state index >= 15 is 0 Å². The van der Waals surface area contributed by atoms with Crippen molar-refractivity contribution in [3.05, 3.63) is 64.2 Å². The minimum Gasteiger partial charge on any atom is -0.457 e. The largest absolute Gasteiger partial charge is 0.457 e. The third-order valence-electron chi connectivity index (χ3n) is 4.64. The van der Waals surface area contributed by atoms with Crippen LogP contribution in [0, 0.1) is 19.8 Å². The predicted octanol–water partition coefficient (Wildman–Crippen LogP) is 3.74. The van der Waals surface area contributed by atoms with Crippen molar-refractivity contribution in [3.8, 4) is 0 Å². The Labute approximate surface area is 162 Å². The smallest absolute Gasteiger partial charge is 0.311 e. The maximum absolute atomic E-state index is 12.3. The molecule has 2 aromatic carbocycles. The van der Waals surface area contributed by atoms with Crippen molar-refractivity contribution in [2.24, 2.45) is 5.92 Å². The summed E-state index contributed by atoms with van der Waals surface area (Å²) in [5.41, 5.74) is 3.11. The number of hydrogen-bond donors (Lipinski definition) is 0. The Morgan fingerprint density at radius 2 is 1.85 bits per heavy atom. The number of carbonyl (C=O) groups excluding carboxylic acids is 3. The molecule has 0 radical (unpaired) electrons. The Morgan fingerprint density at radius 1 is 1.15 bits per heavy atom. The number of ether oxygens (including phenoxy) is 1. The predicted molar refractivity (Wildman–Crippen MR) is 103 cm³/mol. The van der Waals surface area contributed by atoms with E-state index in [0.717, 1.165) is 11.1 Å². The fourth-order valence-corrected chi connectivity index (χ4v) is 3.12. The van der Waals surface area contributed by atoms with Crippen molar-refractivity contribution < 1.29 is 19.1 Å². The first-order chi connectivity index (χ1) is 12.8. The van der Waals surface area contributed by atoms with Crippen molar-refractivity contribution in [1.82, 2.24) is 0 Å². The first-order valence-electron chi connectivity index (χ1n) is 8.68. The molecule has 2 aromatic rings. The summed E-state index contributed by atoms with van der Waals surface area (Å²) in [6.07, 6.45) is 0.0586. The maximum atomic E-state index is 12.3. The average Bonchev–Trinajstić information content (AvgIpc) is 3.04. The highest BCUT2D eigenvalue weighted by atomic mass is 35.5. The quantitative estimate of drug-likeness (QED) is 0.581. The van der Waals surface area contributed by atoms with Crippen LogP contribution in [0.2, 0.25) is 5.02 Å². The average molecular weight is 386 g/mol. The molecule has 0 spiro atoms. The van der Waals surface area contributed by atoms with Gasteiger partial charge in [-0.05, 0) is 31.5 Å². The summed E-state index contributed by atoms with van der Waals surface area (Å²) in [5, 5.41) is 0.565. The lowest BCUT2D eigenvalue weighted by atomic mass is 10.1. The van der Waals surface area contributed by atoms with Crippen LogP contribution < -0.4 is 4.90 Å². The third-order valence-corrected chi connectivity index (χ3v) is 5.05. The number of ketones is 1. The number of nitrogens with zero attached hydrogens (tertiary/aromatic N) is 1. The minimum absolute atomic E-state index is 0.0586. The zero-order chi connectivity index (χ0) is 19.6. The molecule has 5 nitrogen and oxygen atoms in total. The molecule has 140 valence electrons. The van der Waals surface area contributed by atoms with Crippen LogP contribution in [-0.4, -0.2) is 30.8 Å². The Bertz CT molecular complexity index is 892. The molecule has 0 aromatic heterocycles. The van der Waals surface area contributed by atoms with Crippen LogP contribution in [0.5, 0.6) is 0 Å². The van der Waals surface area contributed by atoms with Crippen LogP contribution in [0.4, 0.5) is 5.69 Å². The van der Waals surface area contributed by atoms with Crippen LogP contribution in [-0.2, 0) is 14.3 Å². The molecular weight excluding hydrogens is 366 g/mol. The van der Waals surface area contributed by atoms with Crippen molar-refractivity contribution in [3.63, 3.8) is 0 Å². The number of hydrogen-bond acceptors (Lipinski definition) is 4. The monoisotopic (exact) mass is 385 g/mol. The van der Waals surface area contributed by atoms with Gasteiger partial charge in [0.25, 0.3) is 0 Å². The molecule has 0 aliphatic carbocycles. The van der Waals surface area contributed by atoms with Gasteiger partial charge in [-0.1, -0.05) is 47.5 Å². The third kappa shape index (κ3) is 4.37. The van der Waals surface area contributed by atoms with Gasteiger partial charge < -0.3 is 9.64 Å². The Morgan fingerprint density at radius 3 is 2.52 bits per heavy atom. The molecule has 6 heteroatoms. The summed E-state index contributed by atoms with van der Waals surface area (Å²) in [5.74, 6) is -1.57. The van der Waals surface area contributed by atoms with E-state index in [1.54, 1.807) is 24.3 Å². The molecule has 1 fully saturated rings. The molecule has 27 heavy (non-hydrogen) atoms. The van der Waals surface area contributed by atoms with Gasteiger partial charge in [0.15, 0.2) is 12.4 Å². The van der Waals surface area contributed by atoms with E-state index in [-0.39, 0.29) is 31.3 Å².